The van der Waals surface area contributed by atoms with Crippen molar-refractivity contribution in [2.75, 3.05) is 7.11 Å². The second-order valence-electron chi connectivity index (χ2n) is 5.14. The second-order valence-corrected chi connectivity index (χ2v) is 5.14. The third-order valence-electron chi connectivity index (χ3n) is 3.97. The van der Waals surface area contributed by atoms with Crippen molar-refractivity contribution in [3.63, 3.8) is 0 Å². The fraction of sp³-hybridized carbons (Fsp3) is 0.562. The molecule has 0 spiro atoms. The molecule has 0 N–H and O–H groups in total. The van der Waals surface area contributed by atoms with Gasteiger partial charge in [-0.05, 0) is 49.8 Å². The lowest BCUT2D eigenvalue weighted by Crippen LogP contribution is -2.30. The van der Waals surface area contributed by atoms with Crippen LogP contribution in [0.25, 0.3) is 0 Å². The first kappa shape index (κ1) is 13.9. The van der Waals surface area contributed by atoms with Crippen LogP contribution in [-0.4, -0.2) is 19.5 Å². The molecular weight excluding hydrogens is 240 g/mol. The van der Waals surface area contributed by atoms with Crippen LogP contribution < -0.4 is 9.47 Å². The molecule has 0 heterocycles. The van der Waals surface area contributed by atoms with Gasteiger partial charge < -0.3 is 9.47 Å². The molecule has 0 radical (unpaired) electrons. The second kappa shape index (κ2) is 6.60. The molecule has 0 aromatic heterocycles. The maximum Gasteiger partial charge on any atom is 0.161 e. The summed E-state index contributed by atoms with van der Waals surface area (Å²) in [5.74, 6) is 2.02. The zero-order chi connectivity index (χ0) is 13.7. The zero-order valence-corrected chi connectivity index (χ0v) is 11.7. The Labute approximate surface area is 114 Å². The van der Waals surface area contributed by atoms with E-state index in [1.807, 2.05) is 6.07 Å². The van der Waals surface area contributed by atoms with Crippen LogP contribution in [0.2, 0.25) is 0 Å². The molecule has 2 unspecified atom stereocenters. The first-order valence-electron chi connectivity index (χ1n) is 7.08. The van der Waals surface area contributed by atoms with E-state index in [1.54, 1.807) is 19.2 Å². The van der Waals surface area contributed by atoms with Crippen LogP contribution in [0.5, 0.6) is 11.5 Å². The van der Waals surface area contributed by atoms with Gasteiger partial charge in [-0.2, -0.15) is 0 Å². The summed E-state index contributed by atoms with van der Waals surface area (Å²) in [4.78, 5) is 10.8. The first-order valence-corrected chi connectivity index (χ1v) is 7.08. The van der Waals surface area contributed by atoms with Crippen LogP contribution >= 0.6 is 0 Å². The number of methoxy groups -OCH3 is 1. The van der Waals surface area contributed by atoms with Gasteiger partial charge in [-0.3, -0.25) is 4.79 Å². The molecule has 0 bridgehead atoms. The van der Waals surface area contributed by atoms with Crippen molar-refractivity contribution in [3.8, 4) is 11.5 Å². The zero-order valence-electron chi connectivity index (χ0n) is 11.7. The van der Waals surface area contributed by atoms with Crippen molar-refractivity contribution >= 4 is 6.29 Å². The number of rotatable bonds is 5. The van der Waals surface area contributed by atoms with Gasteiger partial charge in [0.2, 0.25) is 0 Å². The molecule has 19 heavy (non-hydrogen) atoms. The molecule has 0 amide bonds. The highest BCUT2D eigenvalue weighted by molar-refractivity contribution is 5.76. The largest absolute Gasteiger partial charge is 0.493 e. The molecule has 3 nitrogen and oxygen atoms in total. The molecule has 1 aliphatic rings. The van der Waals surface area contributed by atoms with E-state index in [9.17, 15) is 4.79 Å². The van der Waals surface area contributed by atoms with E-state index in [-0.39, 0.29) is 6.10 Å². The van der Waals surface area contributed by atoms with Crippen LogP contribution in [0, 0.1) is 5.92 Å². The SMILES string of the molecule is CCC1CCCCC1Oc1ccc(C=O)cc1OC. The van der Waals surface area contributed by atoms with Crippen LogP contribution in [-0.2, 0) is 0 Å². The quantitative estimate of drug-likeness (QED) is 0.756. The van der Waals surface area contributed by atoms with Gasteiger partial charge in [0.25, 0.3) is 0 Å². The normalized spacial score (nSPS) is 22.8. The van der Waals surface area contributed by atoms with Crippen LogP contribution in [0.15, 0.2) is 18.2 Å². The van der Waals surface area contributed by atoms with Crippen molar-refractivity contribution in [2.24, 2.45) is 5.92 Å². The van der Waals surface area contributed by atoms with E-state index in [4.69, 9.17) is 9.47 Å². The summed E-state index contributed by atoms with van der Waals surface area (Å²) in [7, 11) is 1.61. The molecule has 0 aliphatic heterocycles. The van der Waals surface area contributed by atoms with E-state index in [1.165, 1.54) is 19.3 Å². The van der Waals surface area contributed by atoms with Crippen molar-refractivity contribution in [2.45, 2.75) is 45.1 Å². The highest BCUT2D eigenvalue weighted by Gasteiger charge is 2.26. The minimum absolute atomic E-state index is 0.273. The summed E-state index contributed by atoms with van der Waals surface area (Å²) in [5, 5.41) is 0. The van der Waals surface area contributed by atoms with Gasteiger partial charge >= 0.3 is 0 Å². The van der Waals surface area contributed by atoms with Crippen molar-refractivity contribution in [1.29, 1.82) is 0 Å². The Kier molecular flexibility index (Phi) is 4.83. The van der Waals surface area contributed by atoms with Gasteiger partial charge in [-0.1, -0.05) is 13.3 Å². The summed E-state index contributed by atoms with van der Waals surface area (Å²) in [6.07, 6.45) is 7.14. The number of ether oxygens (including phenoxy) is 2. The van der Waals surface area contributed by atoms with Gasteiger partial charge in [0.15, 0.2) is 11.5 Å². The molecular formula is C16H22O3. The lowest BCUT2D eigenvalue weighted by molar-refractivity contribution is 0.0873. The van der Waals surface area contributed by atoms with Gasteiger partial charge in [0.05, 0.1) is 7.11 Å². The molecule has 1 saturated carbocycles. The van der Waals surface area contributed by atoms with E-state index in [0.717, 1.165) is 24.9 Å². The average Bonchev–Trinajstić information content (AvgIpc) is 2.48. The summed E-state index contributed by atoms with van der Waals surface area (Å²) >= 11 is 0. The van der Waals surface area contributed by atoms with E-state index < -0.39 is 0 Å². The Morgan fingerprint density at radius 3 is 2.74 bits per heavy atom. The molecule has 3 heteroatoms. The number of carbonyl (C=O) groups is 1. The summed E-state index contributed by atoms with van der Waals surface area (Å²) in [5.41, 5.74) is 0.611. The fourth-order valence-electron chi connectivity index (χ4n) is 2.81. The lowest BCUT2D eigenvalue weighted by Gasteiger charge is -2.31. The van der Waals surface area contributed by atoms with Crippen molar-refractivity contribution in [3.05, 3.63) is 23.8 Å². The van der Waals surface area contributed by atoms with E-state index in [0.29, 0.717) is 17.2 Å². The minimum atomic E-state index is 0.273. The van der Waals surface area contributed by atoms with Crippen LogP contribution in [0.4, 0.5) is 0 Å². The minimum Gasteiger partial charge on any atom is -0.493 e. The molecule has 1 aromatic rings. The Morgan fingerprint density at radius 2 is 2.05 bits per heavy atom. The monoisotopic (exact) mass is 262 g/mol. The number of carbonyl (C=O) groups excluding carboxylic acids is 1. The number of aldehydes is 1. The predicted octanol–water partition coefficient (Wildman–Crippen LogP) is 3.86. The molecule has 2 atom stereocenters. The highest BCUT2D eigenvalue weighted by Crippen LogP contribution is 2.34. The van der Waals surface area contributed by atoms with Gasteiger partial charge in [0, 0.05) is 5.56 Å². The Hall–Kier alpha value is -1.51. The highest BCUT2D eigenvalue weighted by atomic mass is 16.5. The molecule has 0 saturated heterocycles. The molecule has 1 aromatic carbocycles. The molecule has 1 fully saturated rings. The van der Waals surface area contributed by atoms with Gasteiger partial charge in [0.1, 0.15) is 12.4 Å². The van der Waals surface area contributed by atoms with Crippen molar-refractivity contribution < 1.29 is 14.3 Å². The summed E-state index contributed by atoms with van der Waals surface area (Å²) in [6.45, 7) is 2.22. The van der Waals surface area contributed by atoms with Crippen molar-refractivity contribution in [1.82, 2.24) is 0 Å². The molecule has 104 valence electrons. The number of hydrogen-bond donors (Lipinski definition) is 0. The van der Waals surface area contributed by atoms with Crippen LogP contribution in [0.3, 0.4) is 0 Å². The van der Waals surface area contributed by atoms with E-state index >= 15 is 0 Å². The molecule has 1 aliphatic carbocycles. The topological polar surface area (TPSA) is 35.5 Å². The lowest BCUT2D eigenvalue weighted by atomic mass is 9.85. The number of hydrogen-bond acceptors (Lipinski definition) is 3. The average molecular weight is 262 g/mol. The van der Waals surface area contributed by atoms with E-state index in [2.05, 4.69) is 6.92 Å². The Morgan fingerprint density at radius 1 is 1.26 bits per heavy atom. The first-order chi connectivity index (χ1) is 9.28. The van der Waals surface area contributed by atoms with Gasteiger partial charge in [-0.15, -0.1) is 0 Å². The third kappa shape index (κ3) is 3.28. The van der Waals surface area contributed by atoms with Crippen LogP contribution in [0.1, 0.15) is 49.4 Å². The standard InChI is InChI=1S/C16H22O3/c1-3-13-6-4-5-7-14(13)19-15-9-8-12(11-17)10-16(15)18-2/h8-11,13-14H,3-7H2,1-2H3. The number of benzene rings is 1. The maximum atomic E-state index is 10.8. The fourth-order valence-corrected chi connectivity index (χ4v) is 2.81. The Bertz CT molecular complexity index is 428. The Balaban J connectivity index is 2.15. The predicted molar refractivity (Wildman–Crippen MR) is 75.0 cm³/mol. The smallest absolute Gasteiger partial charge is 0.161 e. The third-order valence-corrected chi connectivity index (χ3v) is 3.97. The van der Waals surface area contributed by atoms with Gasteiger partial charge in [-0.25, -0.2) is 0 Å². The maximum absolute atomic E-state index is 10.8. The summed E-state index contributed by atoms with van der Waals surface area (Å²) < 4.78 is 11.5. The molecule has 2 rings (SSSR count). The summed E-state index contributed by atoms with van der Waals surface area (Å²) in [6, 6.07) is 5.34.